The van der Waals surface area contributed by atoms with Crippen molar-refractivity contribution in [2.24, 2.45) is 0 Å². The fraction of sp³-hybridized carbons (Fsp3) is 0.500. The molecular formula is C16H25NSi. The lowest BCUT2D eigenvalue weighted by atomic mass is 10.0. The number of nitrogens with one attached hydrogen (secondary N) is 1. The quantitative estimate of drug-likeness (QED) is 0.757. The fourth-order valence-electron chi connectivity index (χ4n) is 2.67. The number of rotatable bonds is 3. The van der Waals surface area contributed by atoms with E-state index in [1.54, 1.807) is 5.57 Å². The molecule has 0 aromatic carbocycles. The Hall–Kier alpha value is -1.02. The summed E-state index contributed by atoms with van der Waals surface area (Å²) in [7, 11) is -0.697. The van der Waals surface area contributed by atoms with E-state index in [2.05, 4.69) is 69.6 Å². The third-order valence-corrected chi connectivity index (χ3v) is 5.43. The Morgan fingerprint density at radius 1 is 1.28 bits per heavy atom. The highest BCUT2D eigenvalue weighted by molar-refractivity contribution is 6.59. The monoisotopic (exact) mass is 259 g/mol. The van der Waals surface area contributed by atoms with Crippen LogP contribution in [0.3, 0.4) is 0 Å². The van der Waals surface area contributed by atoms with Crippen LogP contribution in [0.1, 0.15) is 27.2 Å². The Bertz CT molecular complexity index is 444. The Balaban J connectivity index is 2.33. The van der Waals surface area contributed by atoms with Crippen molar-refractivity contribution < 1.29 is 0 Å². The first kappa shape index (κ1) is 13.4. The topological polar surface area (TPSA) is 12.0 Å². The maximum atomic E-state index is 3.68. The normalized spacial score (nSPS) is 23.2. The summed E-state index contributed by atoms with van der Waals surface area (Å²) in [4.78, 5) is 0. The van der Waals surface area contributed by atoms with Crippen LogP contribution < -0.4 is 5.32 Å². The molecule has 0 bridgehead atoms. The Kier molecular flexibility index (Phi) is 3.67. The van der Waals surface area contributed by atoms with Crippen LogP contribution in [-0.4, -0.2) is 14.3 Å². The Morgan fingerprint density at radius 2 is 2.00 bits per heavy atom. The largest absolute Gasteiger partial charge is 0.380 e. The van der Waals surface area contributed by atoms with E-state index in [-0.39, 0.29) is 5.54 Å². The predicted molar refractivity (Wildman–Crippen MR) is 83.5 cm³/mol. The molecule has 0 radical (unpaired) electrons. The molecule has 1 nitrogen and oxygen atoms in total. The summed E-state index contributed by atoms with van der Waals surface area (Å²) in [6, 6.07) is 0. The summed E-state index contributed by atoms with van der Waals surface area (Å²) >= 11 is 0. The molecule has 0 aliphatic heterocycles. The predicted octanol–water partition coefficient (Wildman–Crippen LogP) is 3.94. The fourth-order valence-corrected chi connectivity index (χ4v) is 4.28. The van der Waals surface area contributed by atoms with Crippen molar-refractivity contribution in [1.82, 2.24) is 5.32 Å². The van der Waals surface area contributed by atoms with Gasteiger partial charge in [0.2, 0.25) is 0 Å². The maximum Gasteiger partial charge on any atom is 0.0437 e. The molecule has 1 unspecified atom stereocenters. The van der Waals surface area contributed by atoms with Gasteiger partial charge in [0.05, 0.1) is 0 Å². The smallest absolute Gasteiger partial charge is 0.0437 e. The van der Waals surface area contributed by atoms with Gasteiger partial charge in [-0.05, 0) is 50.0 Å². The molecule has 0 saturated heterocycles. The highest BCUT2D eigenvalue weighted by Crippen LogP contribution is 2.39. The number of hydrogen-bond acceptors (Lipinski definition) is 1. The zero-order valence-electron chi connectivity index (χ0n) is 12.2. The highest BCUT2D eigenvalue weighted by atomic mass is 28.3. The molecular weight excluding hydrogens is 234 g/mol. The molecule has 0 aromatic rings. The van der Waals surface area contributed by atoms with Crippen molar-refractivity contribution in [3.63, 3.8) is 0 Å². The number of allylic oxidation sites excluding steroid dienone is 7. The van der Waals surface area contributed by atoms with Gasteiger partial charge in [0, 0.05) is 20.0 Å². The van der Waals surface area contributed by atoms with E-state index in [0.717, 1.165) is 6.42 Å². The molecule has 2 heteroatoms. The minimum absolute atomic E-state index is 0.130. The van der Waals surface area contributed by atoms with Crippen LogP contribution in [0.2, 0.25) is 18.6 Å². The van der Waals surface area contributed by atoms with Crippen LogP contribution in [0, 0.1) is 0 Å². The maximum absolute atomic E-state index is 3.68. The molecule has 98 valence electrons. The Morgan fingerprint density at radius 3 is 2.50 bits per heavy atom. The third-order valence-electron chi connectivity index (χ3n) is 3.44. The van der Waals surface area contributed by atoms with Crippen LogP contribution in [0.4, 0.5) is 0 Å². The van der Waals surface area contributed by atoms with Crippen LogP contribution in [0.25, 0.3) is 0 Å². The summed E-state index contributed by atoms with van der Waals surface area (Å²) in [5.41, 5.74) is 5.25. The van der Waals surface area contributed by atoms with Crippen molar-refractivity contribution in [3.8, 4) is 0 Å². The van der Waals surface area contributed by atoms with E-state index in [1.165, 1.54) is 11.3 Å². The zero-order valence-corrected chi connectivity index (χ0v) is 13.4. The second-order valence-corrected chi connectivity index (χ2v) is 9.86. The van der Waals surface area contributed by atoms with E-state index in [1.807, 2.05) is 0 Å². The molecule has 2 rings (SSSR count). The van der Waals surface area contributed by atoms with Crippen LogP contribution in [0.5, 0.6) is 0 Å². The molecule has 2 aliphatic carbocycles. The average Bonchev–Trinajstić information content (AvgIpc) is 2.81. The lowest BCUT2D eigenvalue weighted by Crippen LogP contribution is -2.35. The minimum atomic E-state index is -0.697. The van der Waals surface area contributed by atoms with E-state index >= 15 is 0 Å². The molecule has 0 fully saturated rings. The van der Waals surface area contributed by atoms with E-state index < -0.39 is 8.80 Å². The summed E-state index contributed by atoms with van der Waals surface area (Å²) in [5, 5.41) is 3.68. The number of hydrogen-bond donors (Lipinski definition) is 1. The van der Waals surface area contributed by atoms with Crippen LogP contribution in [0.15, 0.2) is 47.2 Å². The first-order valence-corrected chi connectivity index (χ1v) is 9.93. The molecule has 0 aromatic heterocycles. The lowest BCUT2D eigenvalue weighted by molar-refractivity contribution is 0.478. The van der Waals surface area contributed by atoms with Crippen molar-refractivity contribution in [2.75, 3.05) is 0 Å². The van der Waals surface area contributed by atoms with Gasteiger partial charge < -0.3 is 5.32 Å². The molecule has 0 heterocycles. The van der Waals surface area contributed by atoms with Crippen LogP contribution >= 0.6 is 0 Å². The first-order chi connectivity index (χ1) is 8.38. The van der Waals surface area contributed by atoms with Crippen LogP contribution in [-0.2, 0) is 0 Å². The molecule has 1 N–H and O–H groups in total. The molecule has 1 atom stereocenters. The van der Waals surface area contributed by atoms with Gasteiger partial charge in [-0.1, -0.05) is 37.4 Å². The van der Waals surface area contributed by atoms with Gasteiger partial charge in [-0.25, -0.2) is 0 Å². The second-order valence-electron chi connectivity index (χ2n) is 6.66. The van der Waals surface area contributed by atoms with Gasteiger partial charge in [0.15, 0.2) is 0 Å². The van der Waals surface area contributed by atoms with Gasteiger partial charge >= 0.3 is 0 Å². The molecule has 0 spiro atoms. The SMILES string of the molecule is C[SiH](C)C1C=CC(NC(C)(C)C)=C1C1=CC=CC1. The molecule has 2 aliphatic rings. The molecule has 0 amide bonds. The summed E-state index contributed by atoms with van der Waals surface area (Å²) in [6.45, 7) is 11.6. The van der Waals surface area contributed by atoms with Crippen molar-refractivity contribution >= 4 is 8.80 Å². The minimum Gasteiger partial charge on any atom is -0.380 e. The first-order valence-electron chi connectivity index (χ1n) is 6.95. The standard InChI is InChI=1S/C16H25NSi/c1-16(2,3)17-13-10-11-14(18(4)5)15(13)12-8-6-7-9-12/h6-8,10-11,14,17-18H,9H2,1-5H3. The van der Waals surface area contributed by atoms with Gasteiger partial charge in [-0.15, -0.1) is 0 Å². The van der Waals surface area contributed by atoms with Crippen molar-refractivity contribution in [1.29, 1.82) is 0 Å². The summed E-state index contributed by atoms with van der Waals surface area (Å²) in [6.07, 6.45) is 12.6. The summed E-state index contributed by atoms with van der Waals surface area (Å²) in [5.74, 6) is 0. The molecule has 0 saturated carbocycles. The van der Waals surface area contributed by atoms with Crippen molar-refractivity contribution in [2.45, 2.75) is 51.4 Å². The zero-order chi connectivity index (χ0) is 13.3. The summed E-state index contributed by atoms with van der Waals surface area (Å²) < 4.78 is 0. The third kappa shape index (κ3) is 2.86. The van der Waals surface area contributed by atoms with Crippen molar-refractivity contribution in [3.05, 3.63) is 47.2 Å². The van der Waals surface area contributed by atoms with E-state index in [9.17, 15) is 0 Å². The van der Waals surface area contributed by atoms with Gasteiger partial charge in [0.25, 0.3) is 0 Å². The van der Waals surface area contributed by atoms with Gasteiger partial charge in [0.1, 0.15) is 0 Å². The highest BCUT2D eigenvalue weighted by Gasteiger charge is 2.28. The Labute approximate surface area is 113 Å². The van der Waals surface area contributed by atoms with Gasteiger partial charge in [-0.2, -0.15) is 0 Å². The average molecular weight is 259 g/mol. The second kappa shape index (κ2) is 4.92. The van der Waals surface area contributed by atoms with E-state index in [0.29, 0.717) is 5.54 Å². The van der Waals surface area contributed by atoms with E-state index in [4.69, 9.17) is 0 Å². The molecule has 18 heavy (non-hydrogen) atoms. The van der Waals surface area contributed by atoms with Gasteiger partial charge in [-0.3, -0.25) is 0 Å². The lowest BCUT2D eigenvalue weighted by Gasteiger charge is -2.26.